The second kappa shape index (κ2) is 9.78. The summed E-state index contributed by atoms with van der Waals surface area (Å²) in [6.45, 7) is 5.53. The summed E-state index contributed by atoms with van der Waals surface area (Å²) in [6, 6.07) is 4.42. The van der Waals surface area contributed by atoms with Crippen LogP contribution in [-0.4, -0.2) is 30.4 Å². The Morgan fingerprint density at radius 2 is 1.77 bits per heavy atom. The Bertz CT molecular complexity index is 624. The Labute approximate surface area is 157 Å². The van der Waals surface area contributed by atoms with Crippen LogP contribution >= 0.6 is 12.4 Å². The van der Waals surface area contributed by atoms with Crippen LogP contribution in [0.5, 0.6) is 0 Å². The highest BCUT2D eigenvalue weighted by Crippen LogP contribution is 2.31. The molecule has 26 heavy (non-hydrogen) atoms. The summed E-state index contributed by atoms with van der Waals surface area (Å²) in [4.78, 5) is 24.0. The van der Waals surface area contributed by atoms with Crippen molar-refractivity contribution in [2.75, 3.05) is 13.1 Å². The van der Waals surface area contributed by atoms with Gasteiger partial charge in [-0.25, -0.2) is 0 Å². The molecule has 1 aromatic carbocycles. The number of nitrogens with two attached hydrogens (primary N) is 1. The molecule has 4 N–H and O–H groups in total. The number of amides is 2. The summed E-state index contributed by atoms with van der Waals surface area (Å²) in [7, 11) is 0. The summed E-state index contributed by atoms with van der Waals surface area (Å²) in [6.07, 6.45) is -4.01. The molecule has 0 aliphatic rings. The molecule has 0 aliphatic heterocycles. The van der Waals surface area contributed by atoms with E-state index in [9.17, 15) is 22.8 Å². The van der Waals surface area contributed by atoms with E-state index in [4.69, 9.17) is 5.73 Å². The molecule has 0 saturated heterocycles. The lowest BCUT2D eigenvalue weighted by Gasteiger charge is -2.31. The number of hydrogen-bond donors (Lipinski definition) is 3. The van der Waals surface area contributed by atoms with Crippen molar-refractivity contribution < 1.29 is 22.8 Å². The molecule has 0 aromatic heterocycles. The first-order valence-electron chi connectivity index (χ1n) is 7.94. The molecule has 1 unspecified atom stereocenters. The van der Waals surface area contributed by atoms with Gasteiger partial charge in [-0.05, 0) is 31.4 Å². The average molecular weight is 396 g/mol. The predicted octanol–water partition coefficient (Wildman–Crippen LogP) is 2.74. The molecule has 9 heteroatoms. The van der Waals surface area contributed by atoms with Gasteiger partial charge in [-0.1, -0.05) is 26.0 Å². The average Bonchev–Trinajstić information content (AvgIpc) is 2.51. The fourth-order valence-electron chi connectivity index (χ4n) is 2.65. The number of carbonyl (C=O) groups is 2. The number of benzene rings is 1. The number of carbonyl (C=O) groups excluding carboxylic acids is 2. The van der Waals surface area contributed by atoms with Crippen molar-refractivity contribution in [2.45, 2.75) is 38.9 Å². The quantitative estimate of drug-likeness (QED) is 0.663. The fourth-order valence-corrected chi connectivity index (χ4v) is 2.65. The van der Waals surface area contributed by atoms with Crippen LogP contribution in [0.1, 0.15) is 43.1 Å². The molecular weight excluding hydrogens is 371 g/mol. The van der Waals surface area contributed by atoms with Crippen LogP contribution in [0.4, 0.5) is 13.2 Å². The van der Waals surface area contributed by atoms with Gasteiger partial charge in [0, 0.05) is 12.1 Å². The Kier molecular flexibility index (Phi) is 9.10. The van der Waals surface area contributed by atoms with E-state index in [0.29, 0.717) is 12.3 Å². The molecule has 0 radical (unpaired) electrons. The molecule has 0 saturated carbocycles. The van der Waals surface area contributed by atoms with E-state index < -0.39 is 41.2 Å². The van der Waals surface area contributed by atoms with Gasteiger partial charge in [-0.2, -0.15) is 13.2 Å². The summed E-state index contributed by atoms with van der Waals surface area (Å²) in [5, 5.41) is 4.94. The van der Waals surface area contributed by atoms with Crippen molar-refractivity contribution in [1.29, 1.82) is 0 Å². The Morgan fingerprint density at radius 1 is 1.19 bits per heavy atom. The van der Waals surface area contributed by atoms with Gasteiger partial charge < -0.3 is 16.4 Å². The third-order valence-electron chi connectivity index (χ3n) is 3.64. The van der Waals surface area contributed by atoms with E-state index >= 15 is 0 Å². The highest BCUT2D eigenvalue weighted by atomic mass is 35.5. The van der Waals surface area contributed by atoms with E-state index in [1.54, 1.807) is 6.92 Å². The molecular formula is C17H25ClF3N3O2. The zero-order valence-electron chi connectivity index (χ0n) is 14.9. The lowest BCUT2D eigenvalue weighted by atomic mass is 9.91. The maximum absolute atomic E-state index is 12.9. The maximum atomic E-state index is 12.9. The van der Waals surface area contributed by atoms with Crippen LogP contribution in [0.15, 0.2) is 24.3 Å². The topological polar surface area (TPSA) is 84.2 Å². The smallest absolute Gasteiger partial charge is 0.348 e. The largest absolute Gasteiger partial charge is 0.417 e. The van der Waals surface area contributed by atoms with Crippen LogP contribution in [-0.2, 0) is 11.0 Å². The summed E-state index contributed by atoms with van der Waals surface area (Å²) < 4.78 is 38.8. The van der Waals surface area contributed by atoms with Crippen LogP contribution < -0.4 is 16.4 Å². The molecule has 1 aromatic rings. The minimum Gasteiger partial charge on any atom is -0.348 e. The Hall–Kier alpha value is -1.80. The number of halogens is 4. The summed E-state index contributed by atoms with van der Waals surface area (Å²) >= 11 is 0. The van der Waals surface area contributed by atoms with Crippen molar-refractivity contribution in [2.24, 2.45) is 11.7 Å². The SMILES string of the molecule is CC(C)CC(C)(CN)NC(=O)CNC(=O)c1ccccc1C(F)(F)F.Cl. The summed E-state index contributed by atoms with van der Waals surface area (Å²) in [5.41, 5.74) is 3.49. The molecule has 0 spiro atoms. The first-order chi connectivity index (χ1) is 11.5. The standard InChI is InChI=1S/C17H24F3N3O2.ClH/c1-11(2)8-16(3,10-21)23-14(24)9-22-15(25)12-6-4-5-7-13(12)17(18,19)20;/h4-7,11H,8-10,21H2,1-3H3,(H,22,25)(H,23,24);1H. The van der Waals surface area contributed by atoms with Gasteiger partial charge in [0.2, 0.25) is 5.91 Å². The van der Waals surface area contributed by atoms with Gasteiger partial charge in [0.1, 0.15) is 0 Å². The monoisotopic (exact) mass is 395 g/mol. The van der Waals surface area contributed by atoms with E-state index in [1.807, 2.05) is 13.8 Å². The second-order valence-electron chi connectivity index (χ2n) is 6.64. The zero-order chi connectivity index (χ0) is 19.3. The van der Waals surface area contributed by atoms with E-state index in [1.165, 1.54) is 12.1 Å². The lowest BCUT2D eigenvalue weighted by molar-refractivity contribution is -0.137. The van der Waals surface area contributed by atoms with Gasteiger partial charge in [0.15, 0.2) is 0 Å². The van der Waals surface area contributed by atoms with Crippen LogP contribution in [0.25, 0.3) is 0 Å². The number of hydrogen-bond acceptors (Lipinski definition) is 3. The normalized spacial score (nSPS) is 13.5. The molecule has 0 bridgehead atoms. The maximum Gasteiger partial charge on any atom is 0.417 e. The lowest BCUT2D eigenvalue weighted by Crippen LogP contribution is -2.54. The molecule has 0 fully saturated rings. The van der Waals surface area contributed by atoms with Gasteiger partial charge in [-0.15, -0.1) is 12.4 Å². The van der Waals surface area contributed by atoms with E-state index in [-0.39, 0.29) is 19.0 Å². The van der Waals surface area contributed by atoms with Crippen LogP contribution in [0, 0.1) is 5.92 Å². The summed E-state index contributed by atoms with van der Waals surface area (Å²) in [5.74, 6) is -1.17. The highest BCUT2D eigenvalue weighted by molar-refractivity contribution is 5.97. The van der Waals surface area contributed by atoms with E-state index in [2.05, 4.69) is 10.6 Å². The third-order valence-corrected chi connectivity index (χ3v) is 3.64. The number of nitrogens with one attached hydrogen (secondary N) is 2. The molecule has 1 atom stereocenters. The minimum absolute atomic E-state index is 0. The minimum atomic E-state index is -4.65. The van der Waals surface area contributed by atoms with Crippen molar-refractivity contribution in [3.63, 3.8) is 0 Å². The van der Waals surface area contributed by atoms with Crippen LogP contribution in [0.3, 0.4) is 0 Å². The van der Waals surface area contributed by atoms with Crippen molar-refractivity contribution >= 4 is 24.2 Å². The molecule has 2 amide bonds. The Morgan fingerprint density at radius 3 is 2.27 bits per heavy atom. The third kappa shape index (κ3) is 7.21. The van der Waals surface area contributed by atoms with Gasteiger partial charge in [0.25, 0.3) is 5.91 Å². The van der Waals surface area contributed by atoms with E-state index in [0.717, 1.165) is 12.1 Å². The number of rotatable bonds is 7. The van der Waals surface area contributed by atoms with Crippen molar-refractivity contribution in [3.05, 3.63) is 35.4 Å². The molecule has 0 aliphatic carbocycles. The Balaban J connectivity index is 0.00000625. The first kappa shape index (κ1) is 24.2. The first-order valence-corrected chi connectivity index (χ1v) is 7.94. The van der Waals surface area contributed by atoms with Gasteiger partial charge in [-0.3, -0.25) is 9.59 Å². The molecule has 1 rings (SSSR count). The second-order valence-corrected chi connectivity index (χ2v) is 6.64. The van der Waals surface area contributed by atoms with Crippen molar-refractivity contribution in [1.82, 2.24) is 10.6 Å². The van der Waals surface area contributed by atoms with Gasteiger partial charge >= 0.3 is 6.18 Å². The molecule has 5 nitrogen and oxygen atoms in total. The highest BCUT2D eigenvalue weighted by Gasteiger charge is 2.35. The fraction of sp³-hybridized carbons (Fsp3) is 0.529. The molecule has 148 valence electrons. The number of alkyl halides is 3. The zero-order valence-corrected chi connectivity index (χ0v) is 15.8. The molecule has 0 heterocycles. The van der Waals surface area contributed by atoms with Crippen LogP contribution in [0.2, 0.25) is 0 Å². The van der Waals surface area contributed by atoms with Crippen molar-refractivity contribution in [3.8, 4) is 0 Å². The van der Waals surface area contributed by atoms with Gasteiger partial charge in [0.05, 0.1) is 17.7 Å². The predicted molar refractivity (Wildman–Crippen MR) is 96.1 cm³/mol.